The van der Waals surface area contributed by atoms with Gasteiger partial charge in [-0.1, -0.05) is 5.92 Å². The number of thioether (sulfide) groups is 1. The summed E-state index contributed by atoms with van der Waals surface area (Å²) in [6, 6.07) is 3.65. The fourth-order valence-corrected chi connectivity index (χ4v) is 1.59. The van der Waals surface area contributed by atoms with Gasteiger partial charge in [-0.2, -0.15) is 5.26 Å². The van der Waals surface area contributed by atoms with Crippen LogP contribution in [0.15, 0.2) is 12.3 Å². The fourth-order valence-electron chi connectivity index (χ4n) is 1.08. The second kappa shape index (κ2) is 6.60. The van der Waals surface area contributed by atoms with Crippen molar-refractivity contribution in [2.24, 2.45) is 0 Å². The van der Waals surface area contributed by atoms with E-state index < -0.39 is 0 Å². The number of nitrogens with zero attached hydrogens (tertiary/aromatic N) is 2. The van der Waals surface area contributed by atoms with Crippen LogP contribution in [0.5, 0.6) is 0 Å². The van der Waals surface area contributed by atoms with Crippen molar-refractivity contribution in [1.29, 1.82) is 5.26 Å². The van der Waals surface area contributed by atoms with Crippen LogP contribution in [0.4, 0.5) is 11.5 Å². The molecule has 0 atom stereocenters. The van der Waals surface area contributed by atoms with E-state index >= 15 is 0 Å². The summed E-state index contributed by atoms with van der Waals surface area (Å²) in [5.74, 6) is 4.69. The third-order valence-corrected chi connectivity index (χ3v) is 2.62. The third-order valence-electron chi connectivity index (χ3n) is 1.75. The maximum absolute atomic E-state index is 8.87. The van der Waals surface area contributed by atoms with Crippen LogP contribution >= 0.6 is 11.8 Å². The molecule has 1 aromatic heterocycles. The van der Waals surface area contributed by atoms with E-state index in [1.54, 1.807) is 17.8 Å². The SMILES string of the molecule is C#CCSCCNc1ncc(N)cc1C#N. The van der Waals surface area contributed by atoms with Crippen LogP contribution in [0.1, 0.15) is 5.56 Å². The van der Waals surface area contributed by atoms with Crippen LogP contribution in [0, 0.1) is 23.7 Å². The lowest BCUT2D eigenvalue weighted by Gasteiger charge is -2.06. The zero-order chi connectivity index (χ0) is 11.8. The maximum atomic E-state index is 8.87. The van der Waals surface area contributed by atoms with Gasteiger partial charge in [-0.05, 0) is 6.07 Å². The van der Waals surface area contributed by atoms with Gasteiger partial charge in [0.05, 0.1) is 23.2 Å². The Morgan fingerprint density at radius 2 is 2.44 bits per heavy atom. The van der Waals surface area contributed by atoms with Crippen LogP contribution in [0.3, 0.4) is 0 Å². The van der Waals surface area contributed by atoms with E-state index in [0.29, 0.717) is 22.8 Å². The number of rotatable bonds is 5. The van der Waals surface area contributed by atoms with Gasteiger partial charge in [0.25, 0.3) is 0 Å². The number of hydrogen-bond acceptors (Lipinski definition) is 5. The molecule has 16 heavy (non-hydrogen) atoms. The molecule has 0 aliphatic rings. The highest BCUT2D eigenvalue weighted by molar-refractivity contribution is 7.99. The van der Waals surface area contributed by atoms with Gasteiger partial charge in [-0.25, -0.2) is 4.98 Å². The van der Waals surface area contributed by atoms with Crippen LogP contribution in [0.2, 0.25) is 0 Å². The summed E-state index contributed by atoms with van der Waals surface area (Å²) in [4.78, 5) is 4.06. The highest BCUT2D eigenvalue weighted by atomic mass is 32.2. The zero-order valence-corrected chi connectivity index (χ0v) is 9.55. The standard InChI is InChI=1S/C11H12N4S/c1-2-4-16-5-3-14-11-9(7-12)6-10(13)8-15-11/h1,6,8H,3-5,13H2,(H,14,15). The molecule has 0 aliphatic carbocycles. The molecule has 0 bridgehead atoms. The molecule has 0 amide bonds. The van der Waals surface area contributed by atoms with Crippen molar-refractivity contribution >= 4 is 23.3 Å². The topological polar surface area (TPSA) is 74.7 Å². The third kappa shape index (κ3) is 3.72. The molecule has 1 aromatic rings. The quantitative estimate of drug-likeness (QED) is 0.591. The second-order valence-corrected chi connectivity index (χ2v) is 4.07. The number of nitrogens with two attached hydrogens (primary N) is 1. The summed E-state index contributed by atoms with van der Waals surface area (Å²) >= 11 is 1.66. The molecule has 5 heteroatoms. The molecule has 0 saturated carbocycles. The number of aromatic nitrogens is 1. The molecule has 0 radical (unpaired) electrons. The zero-order valence-electron chi connectivity index (χ0n) is 8.73. The highest BCUT2D eigenvalue weighted by Crippen LogP contribution is 2.14. The van der Waals surface area contributed by atoms with Crippen molar-refractivity contribution in [1.82, 2.24) is 4.98 Å². The van der Waals surface area contributed by atoms with Gasteiger partial charge in [0.15, 0.2) is 0 Å². The van der Waals surface area contributed by atoms with Crippen molar-refractivity contribution in [2.75, 3.05) is 29.1 Å². The van der Waals surface area contributed by atoms with Gasteiger partial charge in [-0.3, -0.25) is 0 Å². The molecular formula is C11H12N4S. The monoisotopic (exact) mass is 232 g/mol. The molecular weight excluding hydrogens is 220 g/mol. The molecule has 0 aromatic carbocycles. The number of terminal acetylenes is 1. The average molecular weight is 232 g/mol. The van der Waals surface area contributed by atoms with Crippen molar-refractivity contribution in [3.63, 3.8) is 0 Å². The van der Waals surface area contributed by atoms with E-state index in [1.165, 1.54) is 6.20 Å². The van der Waals surface area contributed by atoms with Gasteiger partial charge < -0.3 is 11.1 Å². The molecule has 0 fully saturated rings. The lowest BCUT2D eigenvalue weighted by Crippen LogP contribution is -2.08. The largest absolute Gasteiger partial charge is 0.397 e. The average Bonchev–Trinajstić information content (AvgIpc) is 2.30. The summed E-state index contributed by atoms with van der Waals surface area (Å²) in [7, 11) is 0. The Morgan fingerprint density at radius 3 is 3.12 bits per heavy atom. The second-order valence-electron chi connectivity index (χ2n) is 2.96. The molecule has 82 valence electrons. The van der Waals surface area contributed by atoms with E-state index in [-0.39, 0.29) is 0 Å². The van der Waals surface area contributed by atoms with E-state index in [9.17, 15) is 0 Å². The Bertz CT molecular complexity index is 431. The van der Waals surface area contributed by atoms with E-state index in [2.05, 4.69) is 16.2 Å². The molecule has 0 aliphatic heterocycles. The Balaban J connectivity index is 2.48. The molecule has 1 heterocycles. The van der Waals surface area contributed by atoms with Crippen LogP contribution in [0.25, 0.3) is 0 Å². The number of nitrogens with one attached hydrogen (secondary N) is 1. The van der Waals surface area contributed by atoms with Gasteiger partial charge in [0, 0.05) is 12.3 Å². The first-order valence-electron chi connectivity index (χ1n) is 4.68. The first kappa shape index (κ1) is 12.2. The highest BCUT2D eigenvalue weighted by Gasteiger charge is 2.02. The number of pyridine rings is 1. The summed E-state index contributed by atoms with van der Waals surface area (Å²) < 4.78 is 0. The number of nitriles is 1. The van der Waals surface area contributed by atoms with Crippen molar-refractivity contribution < 1.29 is 0 Å². The fraction of sp³-hybridized carbons (Fsp3) is 0.273. The van der Waals surface area contributed by atoms with Gasteiger partial charge in [0.1, 0.15) is 11.9 Å². The van der Waals surface area contributed by atoms with E-state index in [4.69, 9.17) is 17.4 Å². The predicted molar refractivity (Wildman–Crippen MR) is 68.0 cm³/mol. The maximum Gasteiger partial charge on any atom is 0.144 e. The Labute approximate surface area is 99.2 Å². The lowest BCUT2D eigenvalue weighted by atomic mass is 10.2. The Hall–Kier alpha value is -1.85. The normalized spacial score (nSPS) is 9.12. The predicted octanol–water partition coefficient (Wildman–Crippen LogP) is 1.31. The van der Waals surface area contributed by atoms with E-state index in [0.717, 1.165) is 12.3 Å². The molecule has 3 N–H and O–H groups in total. The van der Waals surface area contributed by atoms with Crippen molar-refractivity contribution in [3.05, 3.63) is 17.8 Å². The number of nitrogen functional groups attached to an aromatic ring is 1. The lowest BCUT2D eigenvalue weighted by molar-refractivity contribution is 1.16. The minimum Gasteiger partial charge on any atom is -0.397 e. The summed E-state index contributed by atoms with van der Waals surface area (Å²) in [6.45, 7) is 0.720. The van der Waals surface area contributed by atoms with Crippen molar-refractivity contribution in [3.8, 4) is 18.4 Å². The summed E-state index contributed by atoms with van der Waals surface area (Å²) in [6.07, 6.45) is 6.65. The molecule has 0 unspecified atom stereocenters. The molecule has 0 spiro atoms. The Morgan fingerprint density at radius 1 is 1.62 bits per heavy atom. The minimum atomic E-state index is 0.460. The van der Waals surface area contributed by atoms with Gasteiger partial charge >= 0.3 is 0 Å². The smallest absolute Gasteiger partial charge is 0.144 e. The summed E-state index contributed by atoms with van der Waals surface area (Å²) in [5.41, 5.74) is 6.48. The summed E-state index contributed by atoms with van der Waals surface area (Å²) in [5, 5.41) is 11.9. The molecule has 0 saturated heterocycles. The first-order chi connectivity index (χ1) is 7.77. The van der Waals surface area contributed by atoms with Crippen LogP contribution < -0.4 is 11.1 Å². The van der Waals surface area contributed by atoms with Crippen LogP contribution in [-0.4, -0.2) is 23.0 Å². The Kier molecular flexibility index (Phi) is 5.04. The number of hydrogen-bond donors (Lipinski definition) is 2. The molecule has 4 nitrogen and oxygen atoms in total. The van der Waals surface area contributed by atoms with Crippen molar-refractivity contribution in [2.45, 2.75) is 0 Å². The molecule has 1 rings (SSSR count). The number of anilines is 2. The van der Waals surface area contributed by atoms with E-state index in [1.807, 2.05) is 6.07 Å². The van der Waals surface area contributed by atoms with Gasteiger partial charge in [0.2, 0.25) is 0 Å². The minimum absolute atomic E-state index is 0.460. The van der Waals surface area contributed by atoms with Crippen LogP contribution in [-0.2, 0) is 0 Å². The van der Waals surface area contributed by atoms with Gasteiger partial charge in [-0.15, -0.1) is 18.2 Å². The first-order valence-corrected chi connectivity index (χ1v) is 5.84.